The van der Waals surface area contributed by atoms with Crippen molar-refractivity contribution in [2.45, 2.75) is 83.3 Å². The third-order valence-corrected chi connectivity index (χ3v) is 5.48. The molecule has 180 valence electrons. The van der Waals surface area contributed by atoms with Crippen LogP contribution in [0.25, 0.3) is 0 Å². The van der Waals surface area contributed by atoms with Gasteiger partial charge in [-0.25, -0.2) is 0 Å². The van der Waals surface area contributed by atoms with Crippen molar-refractivity contribution in [1.29, 1.82) is 0 Å². The van der Waals surface area contributed by atoms with E-state index in [0.29, 0.717) is 6.42 Å². The molecule has 1 aromatic rings. The highest BCUT2D eigenvalue weighted by atomic mass is 16.6. The Kier molecular flexibility index (Phi) is 11.5. The summed E-state index contributed by atoms with van der Waals surface area (Å²) < 4.78 is 5.55. The Morgan fingerprint density at radius 3 is 2.06 bits per heavy atom. The zero-order chi connectivity index (χ0) is 23.9. The van der Waals surface area contributed by atoms with Crippen molar-refractivity contribution in [2.24, 2.45) is 0 Å². The summed E-state index contributed by atoms with van der Waals surface area (Å²) in [6.07, 6.45) is 26.6. The molecule has 0 radical (unpaired) electrons. The van der Waals surface area contributed by atoms with Gasteiger partial charge in [0.05, 0.1) is 6.42 Å². The number of aliphatic hydroxyl groups is 1. The molecule has 1 unspecified atom stereocenters. The Bertz CT molecular complexity index is 865. The number of carbonyl (C=O) groups excluding carboxylic acids is 1. The predicted octanol–water partition coefficient (Wildman–Crippen LogP) is 6.90. The molecule has 3 N–H and O–H groups in total. The molecular weight excluding hydrogens is 416 g/mol. The molecule has 33 heavy (non-hydrogen) atoms. The minimum Gasteiger partial charge on any atom is -0.508 e. The topological polar surface area (TPSA) is 87.0 Å². The fourth-order valence-electron chi connectivity index (χ4n) is 3.72. The van der Waals surface area contributed by atoms with Gasteiger partial charge in [-0.05, 0) is 44.9 Å². The van der Waals surface area contributed by atoms with Gasteiger partial charge in [0, 0.05) is 18.6 Å². The number of hydrogen-bond donors (Lipinski definition) is 3. The van der Waals surface area contributed by atoms with Crippen LogP contribution >= 0.6 is 0 Å². The minimum atomic E-state index is -1.62. The number of ketones is 1. The number of rotatable bonds is 14. The number of Topliss-reactive ketones (excluding diaryl/α,β-unsaturated/α-hetero) is 1. The molecule has 0 amide bonds. The van der Waals surface area contributed by atoms with Crippen molar-refractivity contribution < 1.29 is 24.9 Å². The van der Waals surface area contributed by atoms with E-state index in [1.807, 2.05) is 0 Å². The maximum absolute atomic E-state index is 12.3. The van der Waals surface area contributed by atoms with Crippen molar-refractivity contribution in [3.05, 3.63) is 66.3 Å². The third kappa shape index (κ3) is 9.70. The van der Waals surface area contributed by atoms with Crippen molar-refractivity contribution in [3.63, 3.8) is 0 Å². The summed E-state index contributed by atoms with van der Waals surface area (Å²) in [6, 6.07) is 2.33. The summed E-state index contributed by atoms with van der Waals surface area (Å²) in [5.74, 6) is -2.55. The van der Waals surface area contributed by atoms with Crippen LogP contribution in [0.5, 0.6) is 17.2 Å². The number of allylic oxidation sites excluding steroid dienone is 8. The molecule has 0 fully saturated rings. The van der Waals surface area contributed by atoms with E-state index >= 15 is 0 Å². The smallest absolute Gasteiger partial charge is 0.215 e. The van der Waals surface area contributed by atoms with E-state index in [4.69, 9.17) is 4.74 Å². The number of ether oxygens (including phenoxy) is 1. The summed E-state index contributed by atoms with van der Waals surface area (Å²) in [6.45, 7) is 2.22. The van der Waals surface area contributed by atoms with E-state index in [1.165, 1.54) is 31.7 Å². The van der Waals surface area contributed by atoms with Crippen LogP contribution in [-0.4, -0.2) is 26.9 Å². The van der Waals surface area contributed by atoms with E-state index in [2.05, 4.69) is 55.5 Å². The van der Waals surface area contributed by atoms with E-state index < -0.39 is 11.6 Å². The second-order valence-corrected chi connectivity index (χ2v) is 8.47. The SMILES string of the molecule is CCCCC/C=C\C/C=C\C/C=C\C/C=C\CCCC1(O)CC(=O)c2c(O)cc(O)cc2O1. The van der Waals surface area contributed by atoms with E-state index in [0.717, 1.165) is 31.7 Å². The van der Waals surface area contributed by atoms with E-state index in [1.54, 1.807) is 0 Å². The van der Waals surface area contributed by atoms with Gasteiger partial charge >= 0.3 is 0 Å². The highest BCUT2D eigenvalue weighted by molar-refractivity contribution is 6.02. The van der Waals surface area contributed by atoms with Crippen molar-refractivity contribution in [3.8, 4) is 17.2 Å². The Balaban J connectivity index is 1.60. The zero-order valence-corrected chi connectivity index (χ0v) is 19.7. The van der Waals surface area contributed by atoms with Crippen LogP contribution < -0.4 is 4.74 Å². The van der Waals surface area contributed by atoms with Gasteiger partial charge in [0.25, 0.3) is 0 Å². The molecule has 1 aliphatic rings. The number of benzene rings is 1. The molecule has 0 saturated heterocycles. The lowest BCUT2D eigenvalue weighted by Crippen LogP contribution is -2.41. The average Bonchev–Trinajstić information content (AvgIpc) is 2.75. The van der Waals surface area contributed by atoms with E-state index in [9.17, 15) is 20.1 Å². The van der Waals surface area contributed by atoms with Crippen LogP contribution in [0.1, 0.15) is 87.9 Å². The molecule has 0 aromatic heterocycles. The number of carbonyl (C=O) groups is 1. The first kappa shape index (κ1) is 26.5. The number of aromatic hydroxyl groups is 2. The molecule has 1 atom stereocenters. The van der Waals surface area contributed by atoms with E-state index in [-0.39, 0.29) is 35.7 Å². The lowest BCUT2D eigenvalue weighted by atomic mass is 9.94. The summed E-state index contributed by atoms with van der Waals surface area (Å²) in [4.78, 5) is 12.3. The van der Waals surface area contributed by atoms with Crippen LogP contribution in [-0.2, 0) is 0 Å². The first-order chi connectivity index (χ1) is 15.9. The molecule has 1 aromatic carbocycles. The monoisotopic (exact) mass is 454 g/mol. The normalized spacial score (nSPS) is 18.7. The molecule has 0 bridgehead atoms. The van der Waals surface area contributed by atoms with Gasteiger partial charge in [0.1, 0.15) is 22.8 Å². The molecule has 0 spiro atoms. The Morgan fingerprint density at radius 2 is 1.45 bits per heavy atom. The molecular formula is C28H38O5. The van der Waals surface area contributed by atoms with Gasteiger partial charge in [0.15, 0.2) is 5.78 Å². The van der Waals surface area contributed by atoms with Crippen molar-refractivity contribution in [1.82, 2.24) is 0 Å². The molecule has 0 aliphatic carbocycles. The molecule has 1 aliphatic heterocycles. The van der Waals surface area contributed by atoms with Gasteiger partial charge < -0.3 is 20.1 Å². The Morgan fingerprint density at radius 1 is 0.879 bits per heavy atom. The van der Waals surface area contributed by atoms with Crippen LogP contribution in [0.2, 0.25) is 0 Å². The highest BCUT2D eigenvalue weighted by Crippen LogP contribution is 2.41. The zero-order valence-electron chi connectivity index (χ0n) is 19.7. The largest absolute Gasteiger partial charge is 0.508 e. The summed E-state index contributed by atoms with van der Waals surface area (Å²) in [7, 11) is 0. The van der Waals surface area contributed by atoms with Gasteiger partial charge in [-0.1, -0.05) is 68.4 Å². The summed E-state index contributed by atoms with van der Waals surface area (Å²) in [5, 5.41) is 30.1. The second kappa shape index (κ2) is 14.4. The maximum Gasteiger partial charge on any atom is 0.215 e. The maximum atomic E-state index is 12.3. The lowest BCUT2D eigenvalue weighted by molar-refractivity contribution is -0.145. The molecule has 5 nitrogen and oxygen atoms in total. The lowest BCUT2D eigenvalue weighted by Gasteiger charge is -2.33. The average molecular weight is 455 g/mol. The van der Waals surface area contributed by atoms with Crippen LogP contribution in [0.15, 0.2) is 60.7 Å². The number of phenolic OH excluding ortho intramolecular Hbond substituents is 2. The van der Waals surface area contributed by atoms with Crippen molar-refractivity contribution in [2.75, 3.05) is 0 Å². The van der Waals surface area contributed by atoms with Crippen LogP contribution in [0.3, 0.4) is 0 Å². The fraction of sp³-hybridized carbons (Fsp3) is 0.464. The van der Waals surface area contributed by atoms with Gasteiger partial charge in [-0.15, -0.1) is 0 Å². The Hall–Kier alpha value is -2.79. The minimum absolute atomic E-state index is 0.0119. The van der Waals surface area contributed by atoms with Gasteiger partial charge in [-0.3, -0.25) is 4.79 Å². The predicted molar refractivity (Wildman–Crippen MR) is 133 cm³/mol. The summed E-state index contributed by atoms with van der Waals surface area (Å²) in [5.41, 5.74) is 0.0119. The molecule has 1 heterocycles. The number of unbranched alkanes of at least 4 members (excludes halogenated alkanes) is 4. The quantitative estimate of drug-likeness (QED) is 0.210. The summed E-state index contributed by atoms with van der Waals surface area (Å²) >= 11 is 0. The third-order valence-electron chi connectivity index (χ3n) is 5.48. The molecule has 2 rings (SSSR count). The number of fused-ring (bicyclic) bond motifs is 1. The highest BCUT2D eigenvalue weighted by Gasteiger charge is 2.39. The van der Waals surface area contributed by atoms with Crippen LogP contribution in [0.4, 0.5) is 0 Å². The van der Waals surface area contributed by atoms with Crippen molar-refractivity contribution >= 4 is 5.78 Å². The number of hydrogen-bond acceptors (Lipinski definition) is 5. The first-order valence-corrected chi connectivity index (χ1v) is 12.1. The standard InChI is InChI=1S/C28H38O5/c1-2-3-4-5-6-7-8-9-10-11-12-13-14-15-16-17-18-19-28(32)22-25(31)27-24(30)20-23(29)21-26(27)33-28/h6-7,9-10,12-13,15-16,20-21,29-30,32H,2-5,8,11,14,17-19,22H2,1H3/b7-6-,10-9-,13-12-,16-15-. The first-order valence-electron chi connectivity index (χ1n) is 12.1. The van der Waals surface area contributed by atoms with Gasteiger partial charge in [-0.2, -0.15) is 0 Å². The number of phenols is 2. The Labute approximate surface area is 197 Å². The molecule has 5 heteroatoms. The fourth-order valence-corrected chi connectivity index (χ4v) is 3.72. The molecule has 0 saturated carbocycles. The van der Waals surface area contributed by atoms with Crippen LogP contribution in [0, 0.1) is 0 Å². The second-order valence-electron chi connectivity index (χ2n) is 8.47. The van der Waals surface area contributed by atoms with Gasteiger partial charge in [0.2, 0.25) is 5.79 Å².